The minimum atomic E-state index is 0.0832. The van der Waals surface area contributed by atoms with Crippen molar-refractivity contribution in [2.75, 3.05) is 0 Å². The van der Waals surface area contributed by atoms with Gasteiger partial charge in [-0.3, -0.25) is 4.98 Å². The van der Waals surface area contributed by atoms with Gasteiger partial charge in [-0.25, -0.2) is 0 Å². The molecule has 1 nitrogen and oxygen atoms in total. The van der Waals surface area contributed by atoms with Gasteiger partial charge in [0.05, 0.1) is 0 Å². The summed E-state index contributed by atoms with van der Waals surface area (Å²) in [4.78, 5) is 4.29. The molecule has 2 aliphatic carbocycles. The minimum absolute atomic E-state index is 0.0832. The van der Waals surface area contributed by atoms with Crippen LogP contribution in [0.15, 0.2) is 139 Å². The Labute approximate surface area is 217 Å². The van der Waals surface area contributed by atoms with Gasteiger partial charge in [-0.1, -0.05) is 122 Å². The van der Waals surface area contributed by atoms with Crippen molar-refractivity contribution < 1.29 is 0 Å². The Balaban J connectivity index is 1.46. The lowest BCUT2D eigenvalue weighted by molar-refractivity contribution is 0.528. The number of hydrogen-bond acceptors (Lipinski definition) is 1. The van der Waals surface area contributed by atoms with Crippen molar-refractivity contribution in [3.05, 3.63) is 145 Å². The molecular weight excluding hydrogens is 446 g/mol. The number of nitrogens with zero attached hydrogens (tertiary/aromatic N) is 1. The first-order valence-electron chi connectivity index (χ1n) is 12.9. The van der Waals surface area contributed by atoms with Crippen LogP contribution in [-0.4, -0.2) is 4.98 Å². The van der Waals surface area contributed by atoms with Crippen LogP contribution >= 0.6 is 0 Å². The summed E-state index contributed by atoms with van der Waals surface area (Å²) in [6.45, 7) is 2.33. The Morgan fingerprint density at radius 2 is 1.30 bits per heavy atom. The molecule has 37 heavy (non-hydrogen) atoms. The van der Waals surface area contributed by atoms with Crippen LogP contribution in [0.25, 0.3) is 49.4 Å². The molecule has 0 saturated carbocycles. The van der Waals surface area contributed by atoms with E-state index in [0.29, 0.717) is 0 Å². The van der Waals surface area contributed by atoms with Crippen molar-refractivity contribution in [3.8, 4) is 22.3 Å². The fourth-order valence-electron chi connectivity index (χ4n) is 5.95. The first-order valence-corrected chi connectivity index (χ1v) is 12.9. The largest absolute Gasteiger partial charge is 0.264 e. The summed E-state index contributed by atoms with van der Waals surface area (Å²) in [6.07, 6.45) is 18.5. The van der Waals surface area contributed by atoms with Crippen LogP contribution in [0.1, 0.15) is 18.9 Å². The number of benzene rings is 4. The summed E-state index contributed by atoms with van der Waals surface area (Å²) in [5, 5.41) is 5.18. The van der Waals surface area contributed by atoms with Gasteiger partial charge in [0.25, 0.3) is 0 Å². The highest BCUT2D eigenvalue weighted by Crippen LogP contribution is 2.47. The third-order valence-corrected chi connectivity index (χ3v) is 7.96. The van der Waals surface area contributed by atoms with Crippen LogP contribution in [0.3, 0.4) is 0 Å². The quantitative estimate of drug-likeness (QED) is 0.238. The molecule has 0 amide bonds. The second-order valence-electron chi connectivity index (χ2n) is 10.3. The highest BCUT2D eigenvalue weighted by atomic mass is 14.6. The van der Waals surface area contributed by atoms with E-state index in [0.717, 1.165) is 12.0 Å². The van der Waals surface area contributed by atoms with E-state index in [1.54, 1.807) is 0 Å². The molecule has 0 N–H and O–H groups in total. The predicted molar refractivity (Wildman–Crippen MR) is 157 cm³/mol. The van der Waals surface area contributed by atoms with Gasteiger partial charge in [-0.2, -0.15) is 0 Å². The average molecular weight is 474 g/mol. The van der Waals surface area contributed by atoms with Gasteiger partial charge in [-0.15, -0.1) is 0 Å². The number of aromatic nitrogens is 1. The number of fused-ring (bicyclic) bond motifs is 3. The molecule has 0 radical (unpaired) electrons. The van der Waals surface area contributed by atoms with E-state index in [4.69, 9.17) is 0 Å². The first-order chi connectivity index (χ1) is 18.2. The van der Waals surface area contributed by atoms with Crippen LogP contribution in [0.4, 0.5) is 0 Å². The van der Waals surface area contributed by atoms with Crippen molar-refractivity contribution in [3.63, 3.8) is 0 Å². The zero-order valence-corrected chi connectivity index (χ0v) is 20.9. The molecule has 176 valence electrons. The number of allylic oxidation sites excluding steroid dienone is 8. The molecular formula is C36H27N. The Kier molecular flexibility index (Phi) is 5.04. The Hall–Kier alpha value is -4.49. The average Bonchev–Trinajstić information content (AvgIpc) is 2.96. The maximum Gasteiger partial charge on any atom is 0.0346 e. The van der Waals surface area contributed by atoms with Gasteiger partial charge in [0.1, 0.15) is 0 Å². The molecule has 5 aromatic rings. The normalized spacial score (nSPS) is 18.5. The van der Waals surface area contributed by atoms with Gasteiger partial charge in [0.2, 0.25) is 0 Å². The Bertz CT molecular complexity index is 1730. The first kappa shape index (κ1) is 21.8. The molecule has 7 rings (SSSR count). The maximum absolute atomic E-state index is 4.29. The fourth-order valence-corrected chi connectivity index (χ4v) is 5.95. The number of hydrogen-bond donors (Lipinski definition) is 0. The highest BCUT2D eigenvalue weighted by molar-refractivity contribution is 6.19. The summed E-state index contributed by atoms with van der Waals surface area (Å²) in [5.41, 5.74) is 8.96. The summed E-state index contributed by atoms with van der Waals surface area (Å²) in [6, 6.07) is 30.8. The molecule has 0 fully saturated rings. The number of rotatable bonds is 3. The SMILES string of the molecule is CC12C=CC=CC1=CC(c1c3ccccc3c(-c3ccc(-c4cccnc4)cc3)c3ccccc13)=CC2. The maximum atomic E-state index is 4.29. The molecule has 1 heteroatoms. The molecule has 2 aliphatic rings. The molecule has 0 aliphatic heterocycles. The van der Waals surface area contributed by atoms with E-state index in [2.05, 4.69) is 127 Å². The van der Waals surface area contributed by atoms with Crippen molar-refractivity contribution in [2.24, 2.45) is 5.41 Å². The van der Waals surface area contributed by atoms with E-state index in [-0.39, 0.29) is 5.41 Å². The van der Waals surface area contributed by atoms with Crippen molar-refractivity contribution in [1.82, 2.24) is 4.98 Å². The molecule has 4 aromatic carbocycles. The zero-order chi connectivity index (χ0) is 24.8. The van der Waals surface area contributed by atoms with E-state index >= 15 is 0 Å². The van der Waals surface area contributed by atoms with Gasteiger partial charge in [0, 0.05) is 17.8 Å². The third-order valence-electron chi connectivity index (χ3n) is 7.96. The van der Waals surface area contributed by atoms with Gasteiger partial charge in [-0.05, 0) is 73.0 Å². The van der Waals surface area contributed by atoms with E-state index in [9.17, 15) is 0 Å². The van der Waals surface area contributed by atoms with Crippen LogP contribution in [0, 0.1) is 5.41 Å². The van der Waals surface area contributed by atoms with E-state index < -0.39 is 0 Å². The Morgan fingerprint density at radius 3 is 1.95 bits per heavy atom. The zero-order valence-electron chi connectivity index (χ0n) is 20.9. The van der Waals surface area contributed by atoms with Crippen molar-refractivity contribution >= 4 is 27.1 Å². The van der Waals surface area contributed by atoms with Gasteiger partial charge >= 0.3 is 0 Å². The van der Waals surface area contributed by atoms with Crippen LogP contribution in [0.5, 0.6) is 0 Å². The number of pyridine rings is 1. The summed E-state index contributed by atoms with van der Waals surface area (Å²) in [5.74, 6) is 0. The second-order valence-corrected chi connectivity index (χ2v) is 10.3. The molecule has 0 saturated heterocycles. The van der Waals surface area contributed by atoms with Crippen LogP contribution in [0.2, 0.25) is 0 Å². The summed E-state index contributed by atoms with van der Waals surface area (Å²) in [7, 11) is 0. The van der Waals surface area contributed by atoms with Gasteiger partial charge in [0.15, 0.2) is 0 Å². The lowest BCUT2D eigenvalue weighted by Gasteiger charge is -2.32. The molecule has 0 spiro atoms. The summed E-state index contributed by atoms with van der Waals surface area (Å²) >= 11 is 0. The highest BCUT2D eigenvalue weighted by Gasteiger charge is 2.29. The van der Waals surface area contributed by atoms with E-state index in [1.807, 2.05) is 18.5 Å². The molecule has 1 atom stereocenters. The smallest absolute Gasteiger partial charge is 0.0346 e. The van der Waals surface area contributed by atoms with E-state index in [1.165, 1.54) is 54.9 Å². The lowest BCUT2D eigenvalue weighted by atomic mass is 9.71. The molecule has 1 aromatic heterocycles. The third kappa shape index (κ3) is 3.58. The predicted octanol–water partition coefficient (Wildman–Crippen LogP) is 9.57. The van der Waals surface area contributed by atoms with Crippen molar-refractivity contribution in [1.29, 1.82) is 0 Å². The molecule has 1 heterocycles. The lowest BCUT2D eigenvalue weighted by Crippen LogP contribution is -2.19. The molecule has 1 unspecified atom stereocenters. The van der Waals surface area contributed by atoms with Gasteiger partial charge < -0.3 is 0 Å². The minimum Gasteiger partial charge on any atom is -0.264 e. The van der Waals surface area contributed by atoms with Crippen molar-refractivity contribution in [2.45, 2.75) is 13.3 Å². The standard InChI is InChI=1S/C36H27N/c1-36-20-7-6-10-29(36)23-27(19-21-36)35-32-13-4-2-11-30(32)34(31-12-3-5-14-33(31)35)26-17-15-25(16-18-26)28-9-8-22-37-24-28/h2-20,22-24H,21H2,1H3. The topological polar surface area (TPSA) is 12.9 Å². The Morgan fingerprint density at radius 1 is 0.649 bits per heavy atom. The summed E-state index contributed by atoms with van der Waals surface area (Å²) < 4.78 is 0. The second kappa shape index (κ2) is 8.57. The van der Waals surface area contributed by atoms with Crippen LogP contribution in [-0.2, 0) is 0 Å². The molecule has 0 bridgehead atoms. The monoisotopic (exact) mass is 473 g/mol. The van der Waals surface area contributed by atoms with Crippen LogP contribution < -0.4 is 0 Å². The fraction of sp³-hybridized carbons (Fsp3) is 0.0833.